The van der Waals surface area contributed by atoms with Crippen LogP contribution in [0.4, 0.5) is 23.2 Å². The summed E-state index contributed by atoms with van der Waals surface area (Å²) in [5.74, 6) is -0.669. The van der Waals surface area contributed by atoms with Crippen LogP contribution in [0.25, 0.3) is 10.9 Å². The summed E-state index contributed by atoms with van der Waals surface area (Å²) in [7, 11) is 0. The van der Waals surface area contributed by atoms with Gasteiger partial charge in [-0.3, -0.25) is 0 Å². The van der Waals surface area contributed by atoms with Gasteiger partial charge in [-0.25, -0.2) is 9.37 Å². The molecule has 2 rings (SSSR count). The lowest BCUT2D eigenvalue weighted by Gasteiger charge is -2.15. The number of benzene rings is 1. The Morgan fingerprint density at radius 1 is 1.17 bits per heavy atom. The van der Waals surface area contributed by atoms with Gasteiger partial charge in [0.2, 0.25) is 0 Å². The molecule has 0 saturated carbocycles. The zero-order valence-corrected chi connectivity index (χ0v) is 9.69. The topological polar surface area (TPSA) is 38.9 Å². The second-order valence-corrected chi connectivity index (χ2v) is 4.08. The lowest BCUT2D eigenvalue weighted by molar-refractivity contribution is -0.141. The number of hydrogen-bond acceptors (Lipinski definition) is 2. The molecule has 96 valence electrons. The van der Waals surface area contributed by atoms with Crippen molar-refractivity contribution in [3.05, 3.63) is 34.8 Å². The molecular formula is C12H10F4N2. The Bertz CT molecular complexity index is 632. The molecule has 0 fully saturated rings. The lowest BCUT2D eigenvalue weighted by atomic mass is 10.0. The second-order valence-electron chi connectivity index (χ2n) is 4.08. The minimum Gasteiger partial charge on any atom is -0.398 e. The first-order valence-electron chi connectivity index (χ1n) is 5.15. The molecule has 0 aliphatic heterocycles. The van der Waals surface area contributed by atoms with Crippen LogP contribution in [0.2, 0.25) is 0 Å². The summed E-state index contributed by atoms with van der Waals surface area (Å²) in [6, 6.07) is 2.54. The van der Waals surface area contributed by atoms with Crippen molar-refractivity contribution >= 4 is 16.6 Å². The number of hydrogen-bond donors (Lipinski definition) is 1. The highest BCUT2D eigenvalue weighted by Crippen LogP contribution is 2.37. The third-order valence-corrected chi connectivity index (χ3v) is 2.85. The molecule has 18 heavy (non-hydrogen) atoms. The molecule has 0 spiro atoms. The number of rotatable bonds is 0. The van der Waals surface area contributed by atoms with Crippen molar-refractivity contribution in [3.63, 3.8) is 0 Å². The number of nitrogen functional groups attached to an aromatic ring is 1. The Morgan fingerprint density at radius 3 is 2.33 bits per heavy atom. The van der Waals surface area contributed by atoms with Gasteiger partial charge in [0.05, 0.1) is 10.9 Å². The van der Waals surface area contributed by atoms with E-state index >= 15 is 0 Å². The van der Waals surface area contributed by atoms with Gasteiger partial charge >= 0.3 is 6.18 Å². The summed E-state index contributed by atoms with van der Waals surface area (Å²) in [4.78, 5) is 3.52. The smallest absolute Gasteiger partial charge is 0.398 e. The normalized spacial score (nSPS) is 12.1. The maximum absolute atomic E-state index is 13.6. The molecule has 0 saturated heterocycles. The molecule has 2 N–H and O–H groups in total. The van der Waals surface area contributed by atoms with E-state index in [1.807, 2.05) is 0 Å². The fraction of sp³-hybridized carbons (Fsp3) is 0.250. The summed E-state index contributed by atoms with van der Waals surface area (Å²) >= 11 is 0. The SMILES string of the molecule is Cc1c(C(F)(F)F)nc2c(C)ccc(F)c2c1N. The number of anilines is 1. The first kappa shape index (κ1) is 12.6. The number of aromatic nitrogens is 1. The quantitative estimate of drug-likeness (QED) is 0.733. The van der Waals surface area contributed by atoms with Crippen LogP contribution in [0, 0.1) is 19.7 Å². The van der Waals surface area contributed by atoms with Crippen LogP contribution in [0.15, 0.2) is 12.1 Å². The zero-order valence-electron chi connectivity index (χ0n) is 9.69. The predicted molar refractivity (Wildman–Crippen MR) is 60.6 cm³/mol. The van der Waals surface area contributed by atoms with E-state index < -0.39 is 17.7 Å². The third kappa shape index (κ3) is 1.77. The second kappa shape index (κ2) is 3.83. The number of nitrogens with two attached hydrogens (primary N) is 1. The van der Waals surface area contributed by atoms with E-state index in [-0.39, 0.29) is 22.2 Å². The fourth-order valence-corrected chi connectivity index (χ4v) is 1.86. The van der Waals surface area contributed by atoms with Crippen LogP contribution in [-0.4, -0.2) is 4.98 Å². The van der Waals surface area contributed by atoms with E-state index in [0.29, 0.717) is 5.56 Å². The monoisotopic (exact) mass is 258 g/mol. The maximum atomic E-state index is 13.6. The molecule has 0 aliphatic rings. The summed E-state index contributed by atoms with van der Waals surface area (Å²) < 4.78 is 52.0. The minimum absolute atomic E-state index is 0.0505. The Kier molecular flexibility index (Phi) is 2.68. The molecule has 0 aliphatic carbocycles. The lowest BCUT2D eigenvalue weighted by Crippen LogP contribution is -2.13. The first-order valence-corrected chi connectivity index (χ1v) is 5.15. The van der Waals surface area contributed by atoms with E-state index in [4.69, 9.17) is 5.73 Å². The molecule has 1 aromatic carbocycles. The average Bonchev–Trinajstić information content (AvgIpc) is 2.26. The Balaban J connectivity index is 2.97. The first-order chi connectivity index (χ1) is 8.23. The molecule has 1 heterocycles. The van der Waals surface area contributed by atoms with Gasteiger partial charge in [0.15, 0.2) is 0 Å². The fourth-order valence-electron chi connectivity index (χ4n) is 1.86. The van der Waals surface area contributed by atoms with Crippen LogP contribution in [0.1, 0.15) is 16.8 Å². The van der Waals surface area contributed by atoms with Gasteiger partial charge in [-0.1, -0.05) is 6.07 Å². The zero-order chi connectivity index (χ0) is 13.7. The number of halogens is 4. The van der Waals surface area contributed by atoms with Crippen molar-refractivity contribution < 1.29 is 17.6 Å². The van der Waals surface area contributed by atoms with E-state index in [2.05, 4.69) is 4.98 Å². The van der Waals surface area contributed by atoms with Crippen molar-refractivity contribution in [1.29, 1.82) is 0 Å². The number of pyridine rings is 1. The van der Waals surface area contributed by atoms with E-state index in [0.717, 1.165) is 0 Å². The molecule has 1 aromatic heterocycles. The number of nitrogens with zero attached hydrogens (tertiary/aromatic N) is 1. The number of alkyl halides is 3. The van der Waals surface area contributed by atoms with Crippen LogP contribution in [-0.2, 0) is 6.18 Å². The van der Waals surface area contributed by atoms with Crippen LogP contribution < -0.4 is 5.73 Å². The van der Waals surface area contributed by atoms with Gasteiger partial charge in [-0.15, -0.1) is 0 Å². The summed E-state index contributed by atoms with van der Waals surface area (Å²) in [5, 5.41) is -0.0551. The van der Waals surface area contributed by atoms with E-state index in [1.165, 1.54) is 19.1 Å². The Morgan fingerprint density at radius 2 is 1.78 bits per heavy atom. The Labute approximate surface area is 100 Å². The standard InChI is InChI=1S/C12H10F4N2/c1-5-3-4-7(13)8-9(17)6(2)11(12(14,15)16)18-10(5)8/h3-4H,1-2H3,(H2,17,18). The van der Waals surface area contributed by atoms with Crippen LogP contribution >= 0.6 is 0 Å². The highest BCUT2D eigenvalue weighted by Gasteiger charge is 2.36. The third-order valence-electron chi connectivity index (χ3n) is 2.85. The van der Waals surface area contributed by atoms with Gasteiger partial charge in [-0.05, 0) is 25.5 Å². The highest BCUT2D eigenvalue weighted by molar-refractivity contribution is 5.94. The minimum atomic E-state index is -4.61. The summed E-state index contributed by atoms with van der Waals surface area (Å²) in [5.41, 5.74) is 4.47. The molecule has 0 unspecified atom stereocenters. The molecule has 2 nitrogen and oxygen atoms in total. The average molecular weight is 258 g/mol. The van der Waals surface area contributed by atoms with Gasteiger partial charge < -0.3 is 5.73 Å². The van der Waals surface area contributed by atoms with Gasteiger partial charge in [0.25, 0.3) is 0 Å². The summed E-state index contributed by atoms with van der Waals surface area (Å²) in [6.45, 7) is 2.75. The van der Waals surface area contributed by atoms with E-state index in [1.54, 1.807) is 6.92 Å². The molecule has 0 bridgehead atoms. The van der Waals surface area contributed by atoms with Crippen molar-refractivity contribution in [1.82, 2.24) is 4.98 Å². The largest absolute Gasteiger partial charge is 0.433 e. The van der Waals surface area contributed by atoms with Crippen LogP contribution in [0.3, 0.4) is 0 Å². The molecule has 2 aromatic rings. The van der Waals surface area contributed by atoms with Crippen molar-refractivity contribution in [2.24, 2.45) is 0 Å². The predicted octanol–water partition coefficient (Wildman–Crippen LogP) is 3.59. The van der Waals surface area contributed by atoms with Crippen LogP contribution in [0.5, 0.6) is 0 Å². The van der Waals surface area contributed by atoms with E-state index in [9.17, 15) is 17.6 Å². The summed E-state index contributed by atoms with van der Waals surface area (Å²) in [6.07, 6.45) is -4.61. The van der Waals surface area contributed by atoms with Crippen molar-refractivity contribution in [2.75, 3.05) is 5.73 Å². The molecule has 0 radical (unpaired) electrons. The van der Waals surface area contributed by atoms with Crippen molar-refractivity contribution in [3.8, 4) is 0 Å². The maximum Gasteiger partial charge on any atom is 0.433 e. The van der Waals surface area contributed by atoms with Gasteiger partial charge in [0, 0.05) is 11.3 Å². The van der Waals surface area contributed by atoms with Gasteiger partial charge in [0.1, 0.15) is 11.5 Å². The molecular weight excluding hydrogens is 248 g/mol. The number of fused-ring (bicyclic) bond motifs is 1. The number of aryl methyl sites for hydroxylation is 1. The highest BCUT2D eigenvalue weighted by atomic mass is 19.4. The van der Waals surface area contributed by atoms with Crippen molar-refractivity contribution in [2.45, 2.75) is 20.0 Å². The molecule has 0 amide bonds. The molecule has 0 atom stereocenters. The Hall–Kier alpha value is -1.85. The molecule has 6 heteroatoms. The van der Waals surface area contributed by atoms with Gasteiger partial charge in [-0.2, -0.15) is 13.2 Å².